The maximum atomic E-state index is 9.90. The van der Waals surface area contributed by atoms with Crippen LogP contribution in [0.15, 0.2) is 11.6 Å². The van der Waals surface area contributed by atoms with Crippen molar-refractivity contribution in [2.24, 2.45) is 5.92 Å². The van der Waals surface area contributed by atoms with Gasteiger partial charge in [0.15, 0.2) is 0 Å². The summed E-state index contributed by atoms with van der Waals surface area (Å²) in [5.41, 5.74) is 1.77. The fourth-order valence-electron chi connectivity index (χ4n) is 9.17. The van der Waals surface area contributed by atoms with E-state index in [1.165, 1.54) is 154 Å². The van der Waals surface area contributed by atoms with Crippen molar-refractivity contribution in [2.45, 2.75) is 223 Å². The molecule has 0 radical (unpaired) electrons. The third kappa shape index (κ3) is 13.9. The van der Waals surface area contributed by atoms with E-state index in [1.54, 1.807) is 5.57 Å². The molecule has 5 nitrogen and oxygen atoms in total. The first-order valence-corrected chi connectivity index (χ1v) is 20.3. The van der Waals surface area contributed by atoms with Crippen LogP contribution in [0.25, 0.3) is 0 Å². The van der Waals surface area contributed by atoms with Gasteiger partial charge in [-0.15, -0.1) is 0 Å². The molecule has 0 saturated carbocycles. The highest BCUT2D eigenvalue weighted by molar-refractivity contribution is 5.15. The molecule has 45 heavy (non-hydrogen) atoms. The van der Waals surface area contributed by atoms with E-state index in [-0.39, 0.29) is 24.3 Å². The van der Waals surface area contributed by atoms with Crippen LogP contribution in [-0.2, 0) is 0 Å². The van der Waals surface area contributed by atoms with Gasteiger partial charge in [0.1, 0.15) is 0 Å². The summed E-state index contributed by atoms with van der Waals surface area (Å²) in [5.74, 6) is 0.823. The molecule has 0 aromatic carbocycles. The van der Waals surface area contributed by atoms with Crippen LogP contribution in [0.3, 0.4) is 0 Å². The molecule has 262 valence electrons. The van der Waals surface area contributed by atoms with Crippen molar-refractivity contribution in [3.05, 3.63) is 11.6 Å². The smallest absolute Gasteiger partial charge is 0.0691 e. The summed E-state index contributed by atoms with van der Waals surface area (Å²) in [4.78, 5) is 2.84. The van der Waals surface area contributed by atoms with Gasteiger partial charge < -0.3 is 20.8 Å². The second-order valence-corrected chi connectivity index (χ2v) is 16.0. The molecule has 5 heteroatoms. The number of piperidine rings is 2. The molecule has 0 amide bonds. The first-order valence-electron chi connectivity index (χ1n) is 20.3. The number of rotatable bonds is 22. The number of nitrogens with one attached hydrogen (secondary N) is 2. The lowest BCUT2D eigenvalue weighted by Gasteiger charge is -2.36. The Bertz CT molecular complexity index is 804. The number of aliphatic hydroxyl groups excluding tert-OH is 2. The van der Waals surface area contributed by atoms with Crippen molar-refractivity contribution < 1.29 is 10.2 Å². The standard InChI is InChI=1S/C40H75N3O2/c1-32-39(44)27-25-36(41-32)22-17-13-9-5-3-4-7-11-15-20-34-30-35(38-24-19-29-43(38)31-34)21-16-12-8-6-10-14-18-23-37-26-28-40(45)33(2)42-37/h30,32-33,35-42,44-45H,3-29,31H2,1-2H3. The summed E-state index contributed by atoms with van der Waals surface area (Å²) in [7, 11) is 0. The Hall–Kier alpha value is -0.460. The number of hydrogen-bond acceptors (Lipinski definition) is 5. The van der Waals surface area contributed by atoms with Crippen molar-refractivity contribution in [1.29, 1.82) is 0 Å². The van der Waals surface area contributed by atoms with E-state index in [0.29, 0.717) is 12.1 Å². The monoisotopic (exact) mass is 630 g/mol. The van der Waals surface area contributed by atoms with Gasteiger partial charge >= 0.3 is 0 Å². The van der Waals surface area contributed by atoms with Crippen molar-refractivity contribution in [3.63, 3.8) is 0 Å². The summed E-state index contributed by atoms with van der Waals surface area (Å²) >= 11 is 0. The Morgan fingerprint density at radius 1 is 0.600 bits per heavy atom. The lowest BCUT2D eigenvalue weighted by molar-refractivity contribution is 0.0848. The van der Waals surface area contributed by atoms with Crippen LogP contribution in [0.4, 0.5) is 0 Å². The zero-order valence-corrected chi connectivity index (χ0v) is 29.8. The number of fused-ring (bicyclic) bond motifs is 1. The van der Waals surface area contributed by atoms with E-state index in [9.17, 15) is 10.2 Å². The number of aliphatic hydroxyl groups is 2. The number of hydrogen-bond donors (Lipinski definition) is 4. The fourth-order valence-corrected chi connectivity index (χ4v) is 9.17. The summed E-state index contributed by atoms with van der Waals surface area (Å²) in [5, 5.41) is 27.0. The molecule has 4 heterocycles. The highest BCUT2D eigenvalue weighted by Crippen LogP contribution is 2.35. The minimum Gasteiger partial charge on any atom is -0.392 e. The summed E-state index contributed by atoms with van der Waals surface area (Å²) in [6, 6.07) is 2.66. The van der Waals surface area contributed by atoms with Crippen molar-refractivity contribution in [3.8, 4) is 0 Å². The van der Waals surface area contributed by atoms with Crippen LogP contribution in [0, 0.1) is 5.92 Å². The maximum absolute atomic E-state index is 9.90. The Kier molecular flexibility index (Phi) is 17.8. The van der Waals surface area contributed by atoms with Gasteiger partial charge in [-0.2, -0.15) is 0 Å². The fraction of sp³-hybridized carbons (Fsp3) is 0.950. The highest BCUT2D eigenvalue weighted by atomic mass is 16.3. The first kappa shape index (κ1) is 37.4. The second-order valence-electron chi connectivity index (χ2n) is 16.0. The van der Waals surface area contributed by atoms with Crippen LogP contribution in [-0.4, -0.2) is 70.6 Å². The molecule has 0 aliphatic carbocycles. The van der Waals surface area contributed by atoms with Gasteiger partial charge in [-0.1, -0.05) is 108 Å². The van der Waals surface area contributed by atoms with Crippen LogP contribution in [0.2, 0.25) is 0 Å². The first-order chi connectivity index (χ1) is 22.0. The zero-order chi connectivity index (χ0) is 31.7. The van der Waals surface area contributed by atoms with E-state index in [4.69, 9.17) is 0 Å². The predicted molar refractivity (Wildman–Crippen MR) is 192 cm³/mol. The quantitative estimate of drug-likeness (QED) is 0.0712. The molecule has 3 saturated heterocycles. The van der Waals surface area contributed by atoms with E-state index in [2.05, 4.69) is 35.5 Å². The van der Waals surface area contributed by atoms with Crippen LogP contribution >= 0.6 is 0 Å². The minimum atomic E-state index is -0.142. The van der Waals surface area contributed by atoms with Crippen molar-refractivity contribution in [1.82, 2.24) is 15.5 Å². The van der Waals surface area contributed by atoms with E-state index in [0.717, 1.165) is 37.6 Å². The second kappa shape index (κ2) is 21.5. The average molecular weight is 630 g/mol. The molecule has 0 aromatic heterocycles. The molecular weight excluding hydrogens is 554 g/mol. The maximum Gasteiger partial charge on any atom is 0.0691 e. The van der Waals surface area contributed by atoms with Gasteiger partial charge in [-0.25, -0.2) is 0 Å². The van der Waals surface area contributed by atoms with Gasteiger partial charge in [0, 0.05) is 36.8 Å². The summed E-state index contributed by atoms with van der Waals surface area (Å²) in [6.45, 7) is 6.86. The van der Waals surface area contributed by atoms with E-state index < -0.39 is 0 Å². The Labute approximate surface area is 279 Å². The van der Waals surface area contributed by atoms with E-state index in [1.807, 2.05) is 0 Å². The molecule has 0 bridgehead atoms. The van der Waals surface area contributed by atoms with Crippen LogP contribution in [0.1, 0.15) is 181 Å². The van der Waals surface area contributed by atoms with Gasteiger partial charge in [-0.3, -0.25) is 4.90 Å². The normalized spacial score (nSPS) is 32.5. The molecule has 4 rings (SSSR count). The predicted octanol–water partition coefficient (Wildman–Crippen LogP) is 8.81. The zero-order valence-electron chi connectivity index (χ0n) is 29.8. The van der Waals surface area contributed by atoms with Gasteiger partial charge in [0.05, 0.1) is 12.2 Å². The molecule has 8 atom stereocenters. The largest absolute Gasteiger partial charge is 0.392 e. The third-order valence-electron chi connectivity index (χ3n) is 12.2. The molecule has 3 fully saturated rings. The molecule has 8 unspecified atom stereocenters. The lowest BCUT2D eigenvalue weighted by atomic mass is 9.85. The molecule has 4 aliphatic rings. The van der Waals surface area contributed by atoms with Crippen LogP contribution in [0.5, 0.6) is 0 Å². The van der Waals surface area contributed by atoms with Gasteiger partial charge in [0.25, 0.3) is 0 Å². The Morgan fingerprint density at radius 2 is 1.07 bits per heavy atom. The molecular formula is C40H75N3O2. The molecule has 4 aliphatic heterocycles. The average Bonchev–Trinajstić information content (AvgIpc) is 3.51. The minimum absolute atomic E-state index is 0.141. The molecule has 0 aromatic rings. The van der Waals surface area contributed by atoms with Crippen molar-refractivity contribution >= 4 is 0 Å². The lowest BCUT2D eigenvalue weighted by Crippen LogP contribution is -2.48. The molecule has 0 spiro atoms. The topological polar surface area (TPSA) is 67.8 Å². The summed E-state index contributed by atoms with van der Waals surface area (Å²) < 4.78 is 0. The number of unbranched alkanes of at least 4 members (excludes halogenated alkanes) is 14. The summed E-state index contributed by atoms with van der Waals surface area (Å²) in [6.07, 6.45) is 37.4. The Morgan fingerprint density at radius 3 is 1.58 bits per heavy atom. The van der Waals surface area contributed by atoms with E-state index >= 15 is 0 Å². The SMILES string of the molecule is CC1NC(CCCCCCCCCCCC2=CC(CCCCCCCCCC3CCC(O)C(C)N3)C3CCCN3C2)CCC1O. The van der Waals surface area contributed by atoms with Crippen LogP contribution < -0.4 is 10.6 Å². The van der Waals surface area contributed by atoms with Gasteiger partial charge in [0.2, 0.25) is 0 Å². The van der Waals surface area contributed by atoms with Crippen molar-refractivity contribution in [2.75, 3.05) is 13.1 Å². The highest BCUT2D eigenvalue weighted by Gasteiger charge is 2.34. The third-order valence-corrected chi connectivity index (χ3v) is 12.2. The molecule has 4 N–H and O–H groups in total. The van der Waals surface area contributed by atoms with Gasteiger partial charge in [-0.05, 0) is 96.9 Å². The Balaban J connectivity index is 0.962. The number of nitrogens with zero attached hydrogens (tertiary/aromatic N) is 1.